The fourth-order valence-electron chi connectivity index (χ4n) is 3.18. The molecular formula is C14H14Cl2N2O4. The predicted octanol–water partition coefficient (Wildman–Crippen LogP) is 2.16. The zero-order chi connectivity index (χ0) is 16.0. The van der Waals surface area contributed by atoms with Gasteiger partial charge in [-0.05, 0) is 18.6 Å². The number of hydrogen-bond donors (Lipinski definition) is 1. The Morgan fingerprint density at radius 3 is 2.82 bits per heavy atom. The topological polar surface area (TPSA) is 81.9 Å². The third kappa shape index (κ3) is 2.27. The molecule has 2 saturated heterocycles. The standard InChI is InChI=1S/C14H14Cl2N2O4/c1-21-9-3-2-7(15)11(16)10(9)6-4-8-12(13(17)19)22-14(20)18(8)5-6/h2-3,6,8,12H,4-5H2,1H3,(H2,17,19)/t6-,8-,12?/m0/s1. The number of cyclic esters (lactones) is 1. The van der Waals surface area contributed by atoms with E-state index in [-0.39, 0.29) is 12.0 Å². The molecule has 2 aliphatic heterocycles. The van der Waals surface area contributed by atoms with Gasteiger partial charge in [0.05, 0.1) is 23.2 Å². The zero-order valence-corrected chi connectivity index (χ0v) is 13.2. The van der Waals surface area contributed by atoms with Crippen LogP contribution < -0.4 is 10.5 Å². The molecule has 0 bridgehead atoms. The highest BCUT2D eigenvalue weighted by atomic mass is 35.5. The minimum atomic E-state index is -0.929. The van der Waals surface area contributed by atoms with Crippen molar-refractivity contribution < 1.29 is 19.1 Å². The molecule has 2 amide bonds. The summed E-state index contributed by atoms with van der Waals surface area (Å²) in [5, 5.41) is 0.815. The van der Waals surface area contributed by atoms with Crippen LogP contribution in [0.4, 0.5) is 4.79 Å². The monoisotopic (exact) mass is 344 g/mol. The first-order chi connectivity index (χ1) is 10.4. The van der Waals surface area contributed by atoms with Crippen molar-refractivity contribution in [3.8, 4) is 5.75 Å². The van der Waals surface area contributed by atoms with Crippen LogP contribution in [0.25, 0.3) is 0 Å². The van der Waals surface area contributed by atoms with Crippen LogP contribution in [-0.4, -0.2) is 42.7 Å². The van der Waals surface area contributed by atoms with E-state index in [1.807, 2.05) is 0 Å². The van der Waals surface area contributed by atoms with Crippen LogP contribution in [0, 0.1) is 0 Å². The van der Waals surface area contributed by atoms with Crippen molar-refractivity contribution in [2.24, 2.45) is 5.73 Å². The number of benzene rings is 1. The lowest BCUT2D eigenvalue weighted by atomic mass is 9.93. The second-order valence-corrected chi connectivity index (χ2v) is 6.12. The summed E-state index contributed by atoms with van der Waals surface area (Å²) in [6.07, 6.45) is -0.953. The number of primary amides is 1. The average molecular weight is 345 g/mol. The predicted molar refractivity (Wildman–Crippen MR) is 80.3 cm³/mol. The molecule has 1 aromatic carbocycles. The summed E-state index contributed by atoms with van der Waals surface area (Å²) in [5.74, 6) is -0.143. The molecule has 0 radical (unpaired) electrons. The van der Waals surface area contributed by atoms with Gasteiger partial charge in [-0.15, -0.1) is 0 Å². The number of methoxy groups -OCH3 is 1. The van der Waals surface area contributed by atoms with Crippen molar-refractivity contribution >= 4 is 35.2 Å². The smallest absolute Gasteiger partial charge is 0.411 e. The first-order valence-corrected chi connectivity index (χ1v) is 7.48. The lowest BCUT2D eigenvalue weighted by Crippen LogP contribution is -2.38. The second-order valence-electron chi connectivity index (χ2n) is 5.34. The molecule has 3 rings (SSSR count). The largest absolute Gasteiger partial charge is 0.496 e. The number of nitrogens with zero attached hydrogens (tertiary/aromatic N) is 1. The molecule has 118 valence electrons. The third-order valence-corrected chi connectivity index (χ3v) is 4.98. The highest BCUT2D eigenvalue weighted by Gasteiger charge is 2.51. The van der Waals surface area contributed by atoms with Gasteiger partial charge in [0.2, 0.25) is 6.10 Å². The Hall–Kier alpha value is -1.66. The van der Waals surface area contributed by atoms with Crippen LogP contribution >= 0.6 is 23.2 Å². The average Bonchev–Trinajstić information content (AvgIpc) is 3.02. The SMILES string of the molecule is COc1ccc(Cl)c(Cl)c1[C@H]1C[C@H]2C(C(N)=O)OC(=O)N2C1. The van der Waals surface area contributed by atoms with Gasteiger partial charge in [0.25, 0.3) is 5.91 Å². The maximum atomic E-state index is 11.9. The fraction of sp³-hybridized carbons (Fsp3) is 0.429. The number of rotatable bonds is 3. The molecule has 0 spiro atoms. The van der Waals surface area contributed by atoms with Crippen molar-refractivity contribution in [3.05, 3.63) is 27.7 Å². The van der Waals surface area contributed by atoms with Gasteiger partial charge in [0.1, 0.15) is 5.75 Å². The maximum Gasteiger partial charge on any atom is 0.411 e. The number of ether oxygens (including phenoxy) is 2. The molecule has 0 saturated carbocycles. The molecule has 3 atom stereocenters. The first kappa shape index (κ1) is 15.2. The number of halogens is 2. The minimum Gasteiger partial charge on any atom is -0.496 e. The van der Waals surface area contributed by atoms with E-state index in [2.05, 4.69) is 0 Å². The summed E-state index contributed by atoms with van der Waals surface area (Å²) >= 11 is 12.4. The van der Waals surface area contributed by atoms with Gasteiger partial charge in [-0.2, -0.15) is 0 Å². The minimum absolute atomic E-state index is 0.0964. The van der Waals surface area contributed by atoms with Crippen molar-refractivity contribution in [1.82, 2.24) is 4.90 Å². The zero-order valence-electron chi connectivity index (χ0n) is 11.7. The molecule has 1 unspecified atom stereocenters. The molecule has 2 heterocycles. The van der Waals surface area contributed by atoms with Gasteiger partial charge in [-0.1, -0.05) is 23.2 Å². The van der Waals surface area contributed by atoms with E-state index in [9.17, 15) is 9.59 Å². The summed E-state index contributed by atoms with van der Waals surface area (Å²) in [6.45, 7) is 0.379. The molecule has 0 aromatic heterocycles. The Labute approximate surface area is 137 Å². The molecule has 0 aliphatic carbocycles. The van der Waals surface area contributed by atoms with Crippen LogP contribution in [0.1, 0.15) is 17.9 Å². The van der Waals surface area contributed by atoms with E-state index >= 15 is 0 Å². The van der Waals surface area contributed by atoms with Crippen LogP contribution in [-0.2, 0) is 9.53 Å². The van der Waals surface area contributed by atoms with Crippen molar-refractivity contribution in [3.63, 3.8) is 0 Å². The van der Waals surface area contributed by atoms with Crippen LogP contribution in [0.15, 0.2) is 12.1 Å². The third-order valence-electron chi connectivity index (χ3n) is 4.16. The van der Waals surface area contributed by atoms with E-state index in [0.29, 0.717) is 28.8 Å². The summed E-state index contributed by atoms with van der Waals surface area (Å²) in [7, 11) is 1.54. The fourth-order valence-corrected chi connectivity index (χ4v) is 3.66. The normalized spacial score (nSPS) is 26.8. The number of hydrogen-bond acceptors (Lipinski definition) is 4. The van der Waals surface area contributed by atoms with Crippen LogP contribution in [0.2, 0.25) is 10.0 Å². The Balaban J connectivity index is 1.95. The molecule has 6 nitrogen and oxygen atoms in total. The van der Waals surface area contributed by atoms with E-state index < -0.39 is 18.1 Å². The second kappa shape index (κ2) is 5.52. The Bertz CT molecular complexity index is 652. The molecule has 2 fully saturated rings. The van der Waals surface area contributed by atoms with E-state index in [1.165, 1.54) is 4.90 Å². The van der Waals surface area contributed by atoms with Gasteiger partial charge >= 0.3 is 6.09 Å². The number of carbonyl (C=O) groups excluding carboxylic acids is 2. The van der Waals surface area contributed by atoms with Crippen LogP contribution in [0.3, 0.4) is 0 Å². The summed E-state index contributed by atoms with van der Waals surface area (Å²) in [5.41, 5.74) is 6.03. The number of nitrogens with two attached hydrogens (primary N) is 1. The lowest BCUT2D eigenvalue weighted by molar-refractivity contribution is -0.125. The highest BCUT2D eigenvalue weighted by molar-refractivity contribution is 6.42. The maximum absolute atomic E-state index is 11.9. The number of carbonyl (C=O) groups is 2. The Kier molecular flexibility index (Phi) is 3.82. The highest BCUT2D eigenvalue weighted by Crippen LogP contribution is 2.45. The summed E-state index contributed by atoms with van der Waals surface area (Å²) in [6, 6.07) is 3.01. The molecule has 22 heavy (non-hydrogen) atoms. The van der Waals surface area contributed by atoms with E-state index in [1.54, 1.807) is 19.2 Å². The summed E-state index contributed by atoms with van der Waals surface area (Å²) in [4.78, 5) is 24.8. The summed E-state index contributed by atoms with van der Waals surface area (Å²) < 4.78 is 10.4. The molecule has 2 N–H and O–H groups in total. The quantitative estimate of drug-likeness (QED) is 0.910. The van der Waals surface area contributed by atoms with Crippen molar-refractivity contribution in [2.75, 3.05) is 13.7 Å². The van der Waals surface area contributed by atoms with Gasteiger partial charge in [0, 0.05) is 18.0 Å². The van der Waals surface area contributed by atoms with Crippen molar-refractivity contribution in [2.45, 2.75) is 24.5 Å². The molecule has 8 heteroatoms. The van der Waals surface area contributed by atoms with Gasteiger partial charge in [0.15, 0.2) is 0 Å². The Morgan fingerprint density at radius 1 is 1.45 bits per heavy atom. The van der Waals surface area contributed by atoms with Gasteiger partial charge < -0.3 is 20.1 Å². The number of amides is 2. The molecular weight excluding hydrogens is 331 g/mol. The first-order valence-electron chi connectivity index (χ1n) is 6.72. The van der Waals surface area contributed by atoms with Gasteiger partial charge in [-0.3, -0.25) is 4.79 Å². The number of fused-ring (bicyclic) bond motifs is 1. The van der Waals surface area contributed by atoms with Crippen molar-refractivity contribution in [1.29, 1.82) is 0 Å². The Morgan fingerprint density at radius 2 is 2.18 bits per heavy atom. The van der Waals surface area contributed by atoms with Crippen LogP contribution in [0.5, 0.6) is 5.75 Å². The van der Waals surface area contributed by atoms with Gasteiger partial charge in [-0.25, -0.2) is 4.79 Å². The van der Waals surface area contributed by atoms with E-state index in [4.69, 9.17) is 38.4 Å². The molecule has 1 aromatic rings. The lowest BCUT2D eigenvalue weighted by Gasteiger charge is -2.18. The molecule has 2 aliphatic rings. The van der Waals surface area contributed by atoms with E-state index in [0.717, 1.165) is 5.56 Å².